The zero-order chi connectivity index (χ0) is 8.27. The fraction of sp³-hybridized carbons (Fsp3) is 0.143. The van der Waals surface area contributed by atoms with E-state index in [1.807, 2.05) is 0 Å². The molecular formula is C7H7ClN2O. The summed E-state index contributed by atoms with van der Waals surface area (Å²) in [7, 11) is 0. The van der Waals surface area contributed by atoms with Crippen molar-refractivity contribution in [2.75, 3.05) is 0 Å². The van der Waals surface area contributed by atoms with Gasteiger partial charge in [-0.15, -0.1) is 0 Å². The van der Waals surface area contributed by atoms with Crippen molar-refractivity contribution < 1.29 is 5.21 Å². The average molecular weight is 171 g/mol. The number of pyridine rings is 1. The SMILES string of the molecule is C/C(=N\O)c1cc(Cl)ccn1. The second-order valence-electron chi connectivity index (χ2n) is 2.04. The van der Waals surface area contributed by atoms with Gasteiger partial charge in [0.25, 0.3) is 0 Å². The van der Waals surface area contributed by atoms with Crippen LogP contribution >= 0.6 is 11.6 Å². The standard InChI is InChI=1S/C7H7ClN2O/c1-5(10-11)7-4-6(8)2-3-9-7/h2-4,11H,1H3/b10-5+. The van der Waals surface area contributed by atoms with Crippen molar-refractivity contribution in [2.45, 2.75) is 6.92 Å². The molecule has 0 amide bonds. The number of nitrogens with zero attached hydrogens (tertiary/aromatic N) is 2. The van der Waals surface area contributed by atoms with E-state index in [-0.39, 0.29) is 0 Å². The first-order valence-corrected chi connectivity index (χ1v) is 3.42. The van der Waals surface area contributed by atoms with Gasteiger partial charge in [0.1, 0.15) is 5.71 Å². The monoisotopic (exact) mass is 170 g/mol. The van der Waals surface area contributed by atoms with Gasteiger partial charge in [0.15, 0.2) is 0 Å². The number of rotatable bonds is 1. The molecule has 0 saturated heterocycles. The molecule has 0 spiro atoms. The summed E-state index contributed by atoms with van der Waals surface area (Å²) in [6, 6.07) is 3.30. The minimum Gasteiger partial charge on any atom is -0.411 e. The smallest absolute Gasteiger partial charge is 0.102 e. The van der Waals surface area contributed by atoms with Crippen LogP contribution in [0.4, 0.5) is 0 Å². The minimum atomic E-state index is 0.451. The van der Waals surface area contributed by atoms with Gasteiger partial charge in [-0.05, 0) is 19.1 Å². The lowest BCUT2D eigenvalue weighted by Gasteiger charge is -1.95. The molecule has 0 bridgehead atoms. The first kappa shape index (κ1) is 8.01. The molecule has 0 fully saturated rings. The Morgan fingerprint density at radius 2 is 2.45 bits per heavy atom. The summed E-state index contributed by atoms with van der Waals surface area (Å²) in [6.45, 7) is 1.65. The highest BCUT2D eigenvalue weighted by molar-refractivity contribution is 6.30. The van der Waals surface area contributed by atoms with Gasteiger partial charge in [-0.25, -0.2) is 0 Å². The van der Waals surface area contributed by atoms with Gasteiger partial charge in [0, 0.05) is 11.2 Å². The zero-order valence-corrected chi connectivity index (χ0v) is 6.71. The molecule has 3 nitrogen and oxygen atoms in total. The summed E-state index contributed by atoms with van der Waals surface area (Å²) in [5.41, 5.74) is 1.03. The van der Waals surface area contributed by atoms with Gasteiger partial charge in [-0.3, -0.25) is 4.98 Å². The quantitative estimate of drug-likeness (QED) is 0.398. The van der Waals surface area contributed by atoms with E-state index < -0.39 is 0 Å². The first-order valence-electron chi connectivity index (χ1n) is 3.04. The van der Waals surface area contributed by atoms with Crippen molar-refractivity contribution in [3.8, 4) is 0 Å². The third-order valence-corrected chi connectivity index (χ3v) is 1.48. The largest absolute Gasteiger partial charge is 0.411 e. The predicted molar refractivity (Wildman–Crippen MR) is 43.2 cm³/mol. The van der Waals surface area contributed by atoms with Crippen LogP contribution in [0.3, 0.4) is 0 Å². The maximum Gasteiger partial charge on any atom is 0.102 e. The maximum atomic E-state index is 8.38. The highest BCUT2D eigenvalue weighted by Crippen LogP contribution is 2.08. The molecule has 0 radical (unpaired) electrons. The number of halogens is 1. The molecule has 4 heteroatoms. The number of hydrogen-bond acceptors (Lipinski definition) is 3. The Morgan fingerprint density at radius 3 is 3.00 bits per heavy atom. The molecule has 11 heavy (non-hydrogen) atoms. The molecule has 58 valence electrons. The maximum absolute atomic E-state index is 8.38. The lowest BCUT2D eigenvalue weighted by Crippen LogP contribution is -1.96. The third-order valence-electron chi connectivity index (χ3n) is 1.24. The van der Waals surface area contributed by atoms with Gasteiger partial charge < -0.3 is 5.21 Å². The van der Waals surface area contributed by atoms with Crippen LogP contribution in [0.2, 0.25) is 5.02 Å². The Morgan fingerprint density at radius 1 is 1.73 bits per heavy atom. The van der Waals surface area contributed by atoms with E-state index in [4.69, 9.17) is 16.8 Å². The van der Waals surface area contributed by atoms with Crippen LogP contribution in [-0.2, 0) is 0 Å². The Bertz CT molecular complexity index is 286. The molecule has 0 aliphatic carbocycles. The van der Waals surface area contributed by atoms with Gasteiger partial charge in [0.2, 0.25) is 0 Å². The van der Waals surface area contributed by atoms with Crippen molar-refractivity contribution in [1.82, 2.24) is 4.98 Å². The fourth-order valence-corrected chi connectivity index (χ4v) is 0.814. The molecule has 0 aliphatic heterocycles. The summed E-state index contributed by atoms with van der Waals surface area (Å²) >= 11 is 5.67. The molecule has 0 aromatic carbocycles. The summed E-state index contributed by atoms with van der Waals surface area (Å²) in [5.74, 6) is 0. The van der Waals surface area contributed by atoms with E-state index >= 15 is 0 Å². The topological polar surface area (TPSA) is 45.5 Å². The van der Waals surface area contributed by atoms with Crippen LogP contribution < -0.4 is 0 Å². The van der Waals surface area contributed by atoms with Crippen LogP contribution in [0, 0.1) is 0 Å². The van der Waals surface area contributed by atoms with Crippen LogP contribution in [-0.4, -0.2) is 15.9 Å². The molecule has 0 atom stereocenters. The van der Waals surface area contributed by atoms with Gasteiger partial charge >= 0.3 is 0 Å². The average Bonchev–Trinajstić information content (AvgIpc) is 2.03. The Hall–Kier alpha value is -1.09. The van der Waals surface area contributed by atoms with E-state index in [0.717, 1.165) is 0 Å². The summed E-state index contributed by atoms with van der Waals surface area (Å²) in [4.78, 5) is 3.94. The summed E-state index contributed by atoms with van der Waals surface area (Å²) in [5, 5.41) is 12.0. The van der Waals surface area contributed by atoms with Crippen molar-refractivity contribution in [2.24, 2.45) is 5.16 Å². The molecule has 0 saturated carbocycles. The molecule has 1 heterocycles. The van der Waals surface area contributed by atoms with Crippen LogP contribution in [0.5, 0.6) is 0 Å². The van der Waals surface area contributed by atoms with Crippen LogP contribution in [0.1, 0.15) is 12.6 Å². The van der Waals surface area contributed by atoms with Crippen molar-refractivity contribution in [1.29, 1.82) is 0 Å². The predicted octanol–water partition coefficient (Wildman–Crippen LogP) is 1.93. The van der Waals surface area contributed by atoms with Crippen molar-refractivity contribution in [3.05, 3.63) is 29.0 Å². The fourth-order valence-electron chi connectivity index (χ4n) is 0.654. The highest BCUT2D eigenvalue weighted by Gasteiger charge is 1.98. The summed E-state index contributed by atoms with van der Waals surface area (Å²) < 4.78 is 0. The number of oxime groups is 1. The molecule has 1 aromatic rings. The summed E-state index contributed by atoms with van der Waals surface area (Å²) in [6.07, 6.45) is 1.56. The van der Waals surface area contributed by atoms with E-state index in [0.29, 0.717) is 16.4 Å². The molecular weight excluding hydrogens is 164 g/mol. The molecule has 0 unspecified atom stereocenters. The lowest BCUT2D eigenvalue weighted by atomic mass is 10.3. The van der Waals surface area contributed by atoms with Gasteiger partial charge in [-0.1, -0.05) is 16.8 Å². The van der Waals surface area contributed by atoms with Gasteiger partial charge in [-0.2, -0.15) is 0 Å². The molecule has 1 aromatic heterocycles. The Kier molecular flexibility index (Phi) is 2.44. The Labute approximate surface area is 69.3 Å². The van der Waals surface area contributed by atoms with E-state index in [9.17, 15) is 0 Å². The Balaban J connectivity index is 3.06. The van der Waals surface area contributed by atoms with E-state index in [2.05, 4.69) is 10.1 Å². The van der Waals surface area contributed by atoms with Crippen molar-refractivity contribution in [3.63, 3.8) is 0 Å². The van der Waals surface area contributed by atoms with Crippen LogP contribution in [0.25, 0.3) is 0 Å². The van der Waals surface area contributed by atoms with E-state index in [1.54, 1.807) is 25.3 Å². The second kappa shape index (κ2) is 3.34. The second-order valence-corrected chi connectivity index (χ2v) is 2.48. The minimum absolute atomic E-state index is 0.451. The lowest BCUT2D eigenvalue weighted by molar-refractivity contribution is 0.319. The van der Waals surface area contributed by atoms with Crippen molar-refractivity contribution >= 4 is 17.3 Å². The number of hydrogen-bond donors (Lipinski definition) is 1. The molecule has 0 aliphatic rings. The third kappa shape index (κ3) is 1.91. The van der Waals surface area contributed by atoms with Crippen LogP contribution in [0.15, 0.2) is 23.5 Å². The molecule has 1 rings (SSSR count). The normalized spacial score (nSPS) is 11.6. The first-order chi connectivity index (χ1) is 5.24. The number of aromatic nitrogens is 1. The van der Waals surface area contributed by atoms with E-state index in [1.165, 1.54) is 0 Å². The van der Waals surface area contributed by atoms with Gasteiger partial charge in [0.05, 0.1) is 5.69 Å². The highest BCUT2D eigenvalue weighted by atomic mass is 35.5. The molecule has 1 N–H and O–H groups in total. The zero-order valence-electron chi connectivity index (χ0n) is 5.95.